The first kappa shape index (κ1) is 21.2. The smallest absolute Gasteiger partial charge is 0.290 e. The number of benzene rings is 1. The summed E-state index contributed by atoms with van der Waals surface area (Å²) in [5.41, 5.74) is 2.00. The predicted octanol–water partition coefficient (Wildman–Crippen LogP) is 3.46. The molecule has 0 saturated carbocycles. The molecule has 0 bridgehead atoms. The Hall–Kier alpha value is -2.48. The van der Waals surface area contributed by atoms with Crippen molar-refractivity contribution < 1.29 is 24.5 Å². The molecule has 3 rings (SSSR count). The maximum atomic E-state index is 13.1. The highest BCUT2D eigenvalue weighted by atomic mass is 32.1. The maximum absolute atomic E-state index is 13.1. The van der Waals surface area contributed by atoms with Crippen molar-refractivity contribution in [1.29, 1.82) is 0 Å². The first-order valence-corrected chi connectivity index (χ1v) is 10.4. The Balaban J connectivity index is 1.97. The predicted molar refractivity (Wildman–Crippen MR) is 111 cm³/mol. The van der Waals surface area contributed by atoms with Gasteiger partial charge in [-0.05, 0) is 28.5 Å². The van der Waals surface area contributed by atoms with Crippen LogP contribution in [-0.4, -0.2) is 53.2 Å². The molecule has 0 fully saturated rings. The van der Waals surface area contributed by atoms with Crippen molar-refractivity contribution in [2.45, 2.75) is 25.8 Å². The maximum Gasteiger partial charge on any atom is 0.290 e. The summed E-state index contributed by atoms with van der Waals surface area (Å²) in [6.45, 7) is 4.63. The number of ether oxygens (including phenoxy) is 1. The third-order valence-corrected chi connectivity index (χ3v) is 5.79. The van der Waals surface area contributed by atoms with Gasteiger partial charge in [0.15, 0.2) is 5.76 Å². The van der Waals surface area contributed by atoms with Crippen LogP contribution in [0.25, 0.3) is 0 Å². The quantitative estimate of drug-likeness (QED) is 0.484. The lowest BCUT2D eigenvalue weighted by molar-refractivity contribution is -0.130. The van der Waals surface area contributed by atoms with Crippen molar-refractivity contribution in [2.24, 2.45) is 0 Å². The molecule has 0 aliphatic carbocycles. The Morgan fingerprint density at radius 1 is 1.21 bits per heavy atom. The zero-order chi connectivity index (χ0) is 21.0. The summed E-state index contributed by atoms with van der Waals surface area (Å²) in [4.78, 5) is 27.8. The lowest BCUT2D eigenvalue weighted by atomic mass is 9.93. The topological polar surface area (TPSA) is 87.1 Å². The Morgan fingerprint density at radius 3 is 2.52 bits per heavy atom. The zero-order valence-corrected chi connectivity index (χ0v) is 17.3. The minimum Gasteiger partial charge on any atom is -0.503 e. The zero-order valence-electron chi connectivity index (χ0n) is 16.5. The molecule has 1 atom stereocenters. The van der Waals surface area contributed by atoms with Crippen LogP contribution in [-0.2, 0) is 9.53 Å². The van der Waals surface area contributed by atoms with Gasteiger partial charge in [-0.3, -0.25) is 9.59 Å². The lowest BCUT2D eigenvalue weighted by Crippen LogP contribution is -2.34. The van der Waals surface area contributed by atoms with E-state index in [4.69, 9.17) is 9.84 Å². The standard InChI is InChI=1S/C22H25NO5S/c1-14(2)15-5-7-16(8-6-15)19-18(20(25)17-4-3-13-29-17)21(26)22(27)23(19)9-11-28-12-10-24/h3-8,13-14,19,24,26H,9-12H2,1-2H3/t19-/m1/s1. The molecule has 0 unspecified atom stereocenters. The summed E-state index contributed by atoms with van der Waals surface area (Å²) in [7, 11) is 0. The molecule has 2 N–H and O–H groups in total. The van der Waals surface area contributed by atoms with Gasteiger partial charge >= 0.3 is 0 Å². The molecule has 2 aromatic rings. The third kappa shape index (κ3) is 4.42. The fourth-order valence-corrected chi connectivity index (χ4v) is 4.07. The SMILES string of the molecule is CC(C)c1ccc([C@@H]2C(C(=O)c3cccs3)=C(O)C(=O)N2CCOCCO)cc1. The van der Waals surface area contributed by atoms with Crippen LogP contribution in [0.4, 0.5) is 0 Å². The van der Waals surface area contributed by atoms with E-state index in [2.05, 4.69) is 13.8 Å². The van der Waals surface area contributed by atoms with Crippen LogP contribution in [0.3, 0.4) is 0 Å². The molecule has 0 spiro atoms. The van der Waals surface area contributed by atoms with E-state index >= 15 is 0 Å². The second-order valence-corrected chi connectivity index (χ2v) is 8.07. The van der Waals surface area contributed by atoms with Gasteiger partial charge in [-0.25, -0.2) is 0 Å². The van der Waals surface area contributed by atoms with Crippen LogP contribution in [0.5, 0.6) is 0 Å². The number of aliphatic hydroxyl groups excluding tert-OH is 2. The summed E-state index contributed by atoms with van der Waals surface area (Å²) in [6, 6.07) is 10.5. The minimum absolute atomic E-state index is 0.0944. The highest BCUT2D eigenvalue weighted by Crippen LogP contribution is 2.39. The van der Waals surface area contributed by atoms with Gasteiger partial charge in [-0.2, -0.15) is 0 Å². The molecule has 1 aromatic heterocycles. The van der Waals surface area contributed by atoms with Crippen LogP contribution in [0.2, 0.25) is 0 Å². The first-order valence-electron chi connectivity index (χ1n) is 9.56. The number of rotatable bonds is 9. The number of amides is 1. The van der Waals surface area contributed by atoms with Crippen molar-refractivity contribution in [1.82, 2.24) is 4.90 Å². The Kier molecular flexibility index (Phi) is 6.84. The fraction of sp³-hybridized carbons (Fsp3) is 0.364. The van der Waals surface area contributed by atoms with E-state index in [1.165, 1.54) is 16.2 Å². The molecule has 0 saturated heterocycles. The Bertz CT molecular complexity index is 886. The summed E-state index contributed by atoms with van der Waals surface area (Å²) in [6.07, 6.45) is 0. The fourth-order valence-electron chi connectivity index (χ4n) is 3.40. The molecule has 0 radical (unpaired) electrons. The number of aliphatic hydroxyl groups is 2. The normalized spacial score (nSPS) is 16.9. The van der Waals surface area contributed by atoms with Crippen LogP contribution in [0.15, 0.2) is 53.1 Å². The van der Waals surface area contributed by atoms with E-state index in [0.29, 0.717) is 10.8 Å². The molecule has 1 aliphatic rings. The Morgan fingerprint density at radius 2 is 1.93 bits per heavy atom. The number of hydrogen-bond donors (Lipinski definition) is 2. The monoisotopic (exact) mass is 415 g/mol. The van der Waals surface area contributed by atoms with Crippen molar-refractivity contribution in [2.75, 3.05) is 26.4 Å². The van der Waals surface area contributed by atoms with Crippen LogP contribution >= 0.6 is 11.3 Å². The molecule has 1 aliphatic heterocycles. The van der Waals surface area contributed by atoms with Gasteiger partial charge in [0.05, 0.1) is 36.3 Å². The van der Waals surface area contributed by atoms with Gasteiger partial charge in [-0.15, -0.1) is 11.3 Å². The number of nitrogens with zero attached hydrogens (tertiary/aromatic N) is 1. The van der Waals surface area contributed by atoms with Gasteiger partial charge in [-0.1, -0.05) is 44.2 Å². The number of thiophene rings is 1. The van der Waals surface area contributed by atoms with Crippen molar-refractivity contribution >= 4 is 23.0 Å². The van der Waals surface area contributed by atoms with Crippen molar-refractivity contribution in [3.8, 4) is 0 Å². The van der Waals surface area contributed by atoms with E-state index in [-0.39, 0.29) is 37.7 Å². The number of Topliss-reactive ketones (excluding diaryl/α,β-unsaturated/α-hetero) is 1. The van der Waals surface area contributed by atoms with Crippen LogP contribution < -0.4 is 0 Å². The average molecular weight is 416 g/mol. The molecule has 154 valence electrons. The van der Waals surface area contributed by atoms with Gasteiger partial charge in [0.1, 0.15) is 0 Å². The average Bonchev–Trinajstić information content (AvgIpc) is 3.33. The summed E-state index contributed by atoms with van der Waals surface area (Å²) < 4.78 is 5.30. The van der Waals surface area contributed by atoms with E-state index in [1.807, 2.05) is 24.3 Å². The van der Waals surface area contributed by atoms with Crippen LogP contribution in [0.1, 0.15) is 46.6 Å². The summed E-state index contributed by atoms with van der Waals surface area (Å²) >= 11 is 1.27. The van der Waals surface area contributed by atoms with Gasteiger partial charge in [0.2, 0.25) is 5.78 Å². The van der Waals surface area contributed by atoms with Crippen molar-refractivity contribution in [3.63, 3.8) is 0 Å². The molecule has 6 nitrogen and oxygen atoms in total. The highest BCUT2D eigenvalue weighted by molar-refractivity contribution is 7.12. The molecule has 7 heteroatoms. The molecular weight excluding hydrogens is 390 g/mol. The summed E-state index contributed by atoms with van der Waals surface area (Å²) in [5, 5.41) is 21.2. The van der Waals surface area contributed by atoms with Gasteiger partial charge in [0, 0.05) is 6.54 Å². The largest absolute Gasteiger partial charge is 0.503 e. The minimum atomic E-state index is -0.684. The molecule has 29 heavy (non-hydrogen) atoms. The molecular formula is C22H25NO5S. The van der Waals surface area contributed by atoms with Gasteiger partial charge in [0.25, 0.3) is 5.91 Å². The molecule has 1 amide bonds. The number of ketones is 1. The van der Waals surface area contributed by atoms with E-state index in [9.17, 15) is 14.7 Å². The van der Waals surface area contributed by atoms with Gasteiger partial charge < -0.3 is 19.8 Å². The first-order chi connectivity index (χ1) is 14.0. The van der Waals surface area contributed by atoms with E-state index < -0.39 is 17.7 Å². The van der Waals surface area contributed by atoms with Crippen molar-refractivity contribution in [3.05, 3.63) is 69.1 Å². The molecule has 1 aromatic carbocycles. The highest BCUT2D eigenvalue weighted by Gasteiger charge is 2.43. The Labute approximate surface area is 174 Å². The van der Waals surface area contributed by atoms with E-state index in [0.717, 1.165) is 11.1 Å². The summed E-state index contributed by atoms with van der Waals surface area (Å²) in [5.74, 6) is -1.09. The molecule has 2 heterocycles. The number of carbonyl (C=O) groups is 2. The second kappa shape index (κ2) is 9.35. The lowest BCUT2D eigenvalue weighted by Gasteiger charge is -2.27. The second-order valence-electron chi connectivity index (χ2n) is 7.13. The number of hydrogen-bond acceptors (Lipinski definition) is 6. The third-order valence-electron chi connectivity index (χ3n) is 4.92. The van der Waals surface area contributed by atoms with E-state index in [1.54, 1.807) is 17.5 Å². The van der Waals surface area contributed by atoms with Crippen LogP contribution in [0, 0.1) is 0 Å². The number of carbonyl (C=O) groups excluding carboxylic acids is 2.